The van der Waals surface area contributed by atoms with Crippen molar-refractivity contribution in [2.75, 3.05) is 11.9 Å². The van der Waals surface area contributed by atoms with E-state index in [1.165, 1.54) is 38.5 Å². The Bertz CT molecular complexity index is 546. The summed E-state index contributed by atoms with van der Waals surface area (Å²) in [7, 11) is 0. The summed E-state index contributed by atoms with van der Waals surface area (Å²) in [4.78, 5) is 0. The molecule has 1 heterocycles. The Hall–Kier alpha value is -1.24. The number of halogens is 1. The molecule has 2 fully saturated rings. The molecule has 0 amide bonds. The molecule has 0 aromatic heterocycles. The average molecular weight is 305 g/mol. The molecule has 1 unspecified atom stereocenters. The molecule has 3 rings (SSSR count). The third kappa shape index (κ3) is 3.33. The number of rotatable bonds is 3. The Balaban J connectivity index is 1.55. The molecule has 3 nitrogen and oxygen atoms in total. The van der Waals surface area contributed by atoms with E-state index in [1.54, 1.807) is 12.1 Å². The maximum Gasteiger partial charge on any atom is 0.0992 e. The number of hydrogen-bond acceptors (Lipinski definition) is 3. The van der Waals surface area contributed by atoms with E-state index in [0.717, 1.165) is 18.7 Å². The van der Waals surface area contributed by atoms with Crippen LogP contribution in [0.25, 0.3) is 0 Å². The smallest absolute Gasteiger partial charge is 0.0992 e. The normalized spacial score (nSPS) is 23.9. The minimum absolute atomic E-state index is 0.166. The molecule has 1 aliphatic carbocycles. The van der Waals surface area contributed by atoms with Gasteiger partial charge in [-0.15, -0.1) is 0 Å². The van der Waals surface area contributed by atoms with Crippen LogP contribution >= 0.6 is 11.6 Å². The Labute approximate surface area is 131 Å². The fourth-order valence-electron chi connectivity index (χ4n) is 3.55. The van der Waals surface area contributed by atoms with Crippen LogP contribution < -0.4 is 5.32 Å². The van der Waals surface area contributed by atoms with Crippen molar-refractivity contribution < 1.29 is 4.74 Å². The van der Waals surface area contributed by atoms with E-state index in [9.17, 15) is 0 Å². The third-order valence-electron chi connectivity index (χ3n) is 4.72. The van der Waals surface area contributed by atoms with Crippen molar-refractivity contribution in [1.82, 2.24) is 0 Å². The van der Waals surface area contributed by atoms with E-state index >= 15 is 0 Å². The highest BCUT2D eigenvalue weighted by Crippen LogP contribution is 2.41. The predicted octanol–water partition coefficient (Wildman–Crippen LogP) is 4.51. The molecule has 1 saturated heterocycles. The molecule has 0 radical (unpaired) electrons. The zero-order valence-electron chi connectivity index (χ0n) is 12.2. The number of nitriles is 1. The van der Waals surface area contributed by atoms with E-state index in [4.69, 9.17) is 21.6 Å². The van der Waals surface area contributed by atoms with Gasteiger partial charge in [-0.25, -0.2) is 0 Å². The zero-order valence-corrected chi connectivity index (χ0v) is 13.0. The molecular weight excluding hydrogens is 284 g/mol. The first kappa shape index (κ1) is 14.7. The standard InChI is InChI=1S/C17H21ClN2O/c18-15-10-13(11-19)4-5-16(15)20-12-14-6-9-17(21-14)7-2-1-3-8-17/h4-5,10,14,20H,1-3,6-9,12H2. The Morgan fingerprint density at radius 3 is 2.81 bits per heavy atom. The summed E-state index contributed by atoms with van der Waals surface area (Å²) in [6.45, 7) is 0.785. The van der Waals surface area contributed by atoms with Gasteiger partial charge in [0.25, 0.3) is 0 Å². The predicted molar refractivity (Wildman–Crippen MR) is 84.6 cm³/mol. The van der Waals surface area contributed by atoms with Crippen molar-refractivity contribution in [2.24, 2.45) is 0 Å². The number of hydrogen-bond donors (Lipinski definition) is 1. The minimum atomic E-state index is 0.166. The first-order chi connectivity index (χ1) is 10.2. The molecule has 4 heteroatoms. The van der Waals surface area contributed by atoms with Crippen LogP contribution in [0, 0.1) is 11.3 Å². The molecule has 1 saturated carbocycles. The van der Waals surface area contributed by atoms with Gasteiger partial charge in [0, 0.05) is 6.54 Å². The molecule has 21 heavy (non-hydrogen) atoms. The zero-order chi connectivity index (χ0) is 14.7. The first-order valence-corrected chi connectivity index (χ1v) is 8.20. The molecule has 1 aliphatic heterocycles. The van der Waals surface area contributed by atoms with Crippen molar-refractivity contribution in [2.45, 2.75) is 56.7 Å². The first-order valence-electron chi connectivity index (χ1n) is 7.82. The lowest BCUT2D eigenvalue weighted by Crippen LogP contribution is -2.33. The van der Waals surface area contributed by atoms with Crippen molar-refractivity contribution in [1.29, 1.82) is 5.26 Å². The number of benzene rings is 1. The Morgan fingerprint density at radius 1 is 1.29 bits per heavy atom. The average Bonchev–Trinajstić information content (AvgIpc) is 2.89. The lowest BCUT2D eigenvalue weighted by atomic mass is 9.83. The fraction of sp³-hybridized carbons (Fsp3) is 0.588. The van der Waals surface area contributed by atoms with Gasteiger partial charge < -0.3 is 10.1 Å². The van der Waals surface area contributed by atoms with Crippen LogP contribution in [0.1, 0.15) is 50.5 Å². The lowest BCUT2D eigenvalue weighted by Gasteiger charge is -2.33. The number of nitrogens with zero attached hydrogens (tertiary/aromatic N) is 1. The summed E-state index contributed by atoms with van der Waals surface area (Å²) in [5.41, 5.74) is 1.63. The van der Waals surface area contributed by atoms with Crippen LogP contribution in [0.15, 0.2) is 18.2 Å². The second kappa shape index (κ2) is 6.25. The minimum Gasteiger partial charge on any atom is -0.381 e. The monoisotopic (exact) mass is 304 g/mol. The quantitative estimate of drug-likeness (QED) is 0.894. The Kier molecular flexibility index (Phi) is 4.37. The molecule has 0 bridgehead atoms. The van der Waals surface area contributed by atoms with Crippen molar-refractivity contribution >= 4 is 17.3 Å². The van der Waals surface area contributed by atoms with Gasteiger partial charge in [-0.3, -0.25) is 0 Å². The van der Waals surface area contributed by atoms with Crippen LogP contribution in [-0.2, 0) is 4.74 Å². The molecular formula is C17H21ClN2O. The van der Waals surface area contributed by atoms with Gasteiger partial charge >= 0.3 is 0 Å². The maximum absolute atomic E-state index is 8.85. The van der Waals surface area contributed by atoms with Crippen molar-refractivity contribution in [3.8, 4) is 6.07 Å². The molecule has 1 aromatic carbocycles. The Morgan fingerprint density at radius 2 is 2.10 bits per heavy atom. The van der Waals surface area contributed by atoms with Crippen LogP contribution in [0.5, 0.6) is 0 Å². The fourth-order valence-corrected chi connectivity index (χ4v) is 3.80. The van der Waals surface area contributed by atoms with E-state index in [1.807, 2.05) is 6.07 Å². The second-order valence-corrected chi connectivity index (χ2v) is 6.62. The molecule has 1 N–H and O–H groups in total. The summed E-state index contributed by atoms with van der Waals surface area (Å²) in [5.74, 6) is 0. The number of nitrogens with one attached hydrogen (secondary N) is 1. The largest absolute Gasteiger partial charge is 0.381 e. The lowest BCUT2D eigenvalue weighted by molar-refractivity contribution is -0.0588. The van der Waals surface area contributed by atoms with Gasteiger partial charge in [-0.05, 0) is 43.9 Å². The summed E-state index contributed by atoms with van der Waals surface area (Å²) >= 11 is 6.18. The van der Waals surface area contributed by atoms with Crippen LogP contribution in [0.3, 0.4) is 0 Å². The molecule has 2 aliphatic rings. The summed E-state index contributed by atoms with van der Waals surface area (Å²) in [6.07, 6.45) is 9.01. The van der Waals surface area contributed by atoms with Gasteiger partial charge in [-0.1, -0.05) is 30.9 Å². The van der Waals surface area contributed by atoms with Crippen LogP contribution in [0.2, 0.25) is 5.02 Å². The van der Waals surface area contributed by atoms with Gasteiger partial charge in [0.2, 0.25) is 0 Å². The SMILES string of the molecule is N#Cc1ccc(NCC2CCC3(CCCCC3)O2)c(Cl)c1. The molecule has 1 spiro atoms. The highest BCUT2D eigenvalue weighted by Gasteiger charge is 2.40. The molecule has 1 aromatic rings. The summed E-state index contributed by atoms with van der Waals surface area (Å²) in [6, 6.07) is 7.44. The van der Waals surface area contributed by atoms with Crippen LogP contribution in [0.4, 0.5) is 5.69 Å². The molecule has 1 atom stereocenters. The van der Waals surface area contributed by atoms with Crippen LogP contribution in [-0.4, -0.2) is 18.2 Å². The van der Waals surface area contributed by atoms with E-state index in [-0.39, 0.29) is 11.7 Å². The number of ether oxygens (including phenoxy) is 1. The van der Waals surface area contributed by atoms with Crippen molar-refractivity contribution in [3.05, 3.63) is 28.8 Å². The second-order valence-electron chi connectivity index (χ2n) is 6.21. The highest BCUT2D eigenvalue weighted by molar-refractivity contribution is 6.33. The maximum atomic E-state index is 8.85. The van der Waals surface area contributed by atoms with Gasteiger partial charge in [0.05, 0.1) is 34.0 Å². The summed E-state index contributed by atoms with van der Waals surface area (Å²) in [5, 5.41) is 12.8. The summed E-state index contributed by atoms with van der Waals surface area (Å²) < 4.78 is 6.34. The topological polar surface area (TPSA) is 45.0 Å². The third-order valence-corrected chi connectivity index (χ3v) is 5.03. The van der Waals surface area contributed by atoms with Gasteiger partial charge in [-0.2, -0.15) is 5.26 Å². The highest BCUT2D eigenvalue weighted by atomic mass is 35.5. The van der Waals surface area contributed by atoms with E-state index in [0.29, 0.717) is 10.6 Å². The van der Waals surface area contributed by atoms with Gasteiger partial charge in [0.1, 0.15) is 0 Å². The van der Waals surface area contributed by atoms with Crippen molar-refractivity contribution in [3.63, 3.8) is 0 Å². The number of anilines is 1. The molecule has 112 valence electrons. The van der Waals surface area contributed by atoms with Gasteiger partial charge in [0.15, 0.2) is 0 Å². The van der Waals surface area contributed by atoms with E-state index < -0.39 is 0 Å². The van der Waals surface area contributed by atoms with E-state index in [2.05, 4.69) is 11.4 Å².